The second kappa shape index (κ2) is 8.96. The van der Waals surface area contributed by atoms with Gasteiger partial charge in [0.2, 0.25) is 0 Å². The van der Waals surface area contributed by atoms with Crippen molar-refractivity contribution in [2.75, 3.05) is 26.8 Å². The summed E-state index contributed by atoms with van der Waals surface area (Å²) in [6.07, 6.45) is 2.11. The van der Waals surface area contributed by atoms with E-state index in [0.29, 0.717) is 19.2 Å². The Morgan fingerprint density at radius 2 is 1.90 bits per heavy atom. The molecule has 0 bridgehead atoms. The molecule has 0 heterocycles. The van der Waals surface area contributed by atoms with Crippen LogP contribution in [0.1, 0.15) is 48.2 Å². The van der Waals surface area contributed by atoms with E-state index in [9.17, 15) is 4.79 Å². The van der Waals surface area contributed by atoms with Crippen LogP contribution in [0.3, 0.4) is 0 Å². The Labute approximate surface area is 129 Å². The van der Waals surface area contributed by atoms with Gasteiger partial charge in [0.1, 0.15) is 0 Å². The number of hydrogen-bond donors (Lipinski definition) is 0. The van der Waals surface area contributed by atoms with Gasteiger partial charge < -0.3 is 4.74 Å². The number of ether oxygens (including phenoxy) is 1. The zero-order chi connectivity index (χ0) is 15.8. The van der Waals surface area contributed by atoms with Gasteiger partial charge in [0.05, 0.1) is 13.2 Å². The topological polar surface area (TPSA) is 29.5 Å². The molecule has 0 aliphatic carbocycles. The number of aryl methyl sites for hydroxylation is 2. The third kappa shape index (κ3) is 5.25. The lowest BCUT2D eigenvalue weighted by molar-refractivity contribution is 0.0811. The van der Waals surface area contributed by atoms with E-state index in [1.165, 1.54) is 5.56 Å². The summed E-state index contributed by atoms with van der Waals surface area (Å²) in [6.45, 7) is 10.4. The Morgan fingerprint density at radius 1 is 1.24 bits per heavy atom. The molecule has 0 aromatic heterocycles. The van der Waals surface area contributed by atoms with Gasteiger partial charge in [0, 0.05) is 25.3 Å². The molecular formula is C18H29NO2. The first-order valence-electron chi connectivity index (χ1n) is 7.86. The van der Waals surface area contributed by atoms with Gasteiger partial charge in [-0.15, -0.1) is 0 Å². The lowest BCUT2D eigenvalue weighted by atomic mass is 10.0. The zero-order valence-electron chi connectivity index (χ0n) is 14.1. The van der Waals surface area contributed by atoms with Crippen LogP contribution in [0, 0.1) is 13.8 Å². The second-order valence-corrected chi connectivity index (χ2v) is 5.68. The highest BCUT2D eigenvalue weighted by Crippen LogP contribution is 2.14. The van der Waals surface area contributed by atoms with Crippen molar-refractivity contribution in [2.45, 2.75) is 46.6 Å². The van der Waals surface area contributed by atoms with Crippen LogP contribution in [0.25, 0.3) is 0 Å². The van der Waals surface area contributed by atoms with Crippen LogP contribution in [0.15, 0.2) is 18.2 Å². The summed E-state index contributed by atoms with van der Waals surface area (Å²) in [7, 11) is 1.71. The smallest absolute Gasteiger partial charge is 0.177 e. The van der Waals surface area contributed by atoms with Crippen molar-refractivity contribution in [3.8, 4) is 0 Å². The van der Waals surface area contributed by atoms with E-state index in [0.717, 1.165) is 30.5 Å². The highest BCUT2D eigenvalue weighted by atomic mass is 16.5. The quantitative estimate of drug-likeness (QED) is 0.651. The van der Waals surface area contributed by atoms with E-state index in [2.05, 4.69) is 31.7 Å². The van der Waals surface area contributed by atoms with Crippen LogP contribution < -0.4 is 0 Å². The SMILES string of the molecule is CCC(CC)N(CCOC)CC(=O)c1ccc(C)cc1C. The fraction of sp³-hybridized carbons (Fsp3) is 0.611. The highest BCUT2D eigenvalue weighted by molar-refractivity contribution is 5.99. The van der Waals surface area contributed by atoms with E-state index in [4.69, 9.17) is 4.74 Å². The molecule has 118 valence electrons. The van der Waals surface area contributed by atoms with Gasteiger partial charge >= 0.3 is 0 Å². The molecule has 1 aromatic carbocycles. The minimum Gasteiger partial charge on any atom is -0.383 e. The normalized spacial score (nSPS) is 11.4. The maximum atomic E-state index is 12.6. The monoisotopic (exact) mass is 291 g/mol. The number of Topliss-reactive ketones (excluding diaryl/α,β-unsaturated/α-hetero) is 1. The van der Waals surface area contributed by atoms with Crippen molar-refractivity contribution >= 4 is 5.78 Å². The maximum absolute atomic E-state index is 12.6. The van der Waals surface area contributed by atoms with Gasteiger partial charge in [-0.3, -0.25) is 9.69 Å². The lowest BCUT2D eigenvalue weighted by Crippen LogP contribution is -2.40. The minimum atomic E-state index is 0.204. The van der Waals surface area contributed by atoms with Gasteiger partial charge in [-0.2, -0.15) is 0 Å². The molecule has 0 saturated heterocycles. The summed E-state index contributed by atoms with van der Waals surface area (Å²) in [5.74, 6) is 0.204. The minimum absolute atomic E-state index is 0.204. The van der Waals surface area contributed by atoms with Gasteiger partial charge in [0.15, 0.2) is 5.78 Å². The average molecular weight is 291 g/mol. The fourth-order valence-electron chi connectivity index (χ4n) is 2.80. The lowest BCUT2D eigenvalue weighted by Gasteiger charge is -2.29. The molecule has 0 aliphatic rings. The predicted octanol–water partition coefficient (Wildman–Crippen LogP) is 3.62. The third-order valence-electron chi connectivity index (χ3n) is 4.07. The second-order valence-electron chi connectivity index (χ2n) is 5.68. The van der Waals surface area contributed by atoms with E-state index < -0.39 is 0 Å². The fourth-order valence-corrected chi connectivity index (χ4v) is 2.80. The van der Waals surface area contributed by atoms with Crippen molar-refractivity contribution in [3.63, 3.8) is 0 Å². The Kier molecular flexibility index (Phi) is 7.62. The van der Waals surface area contributed by atoms with Crippen LogP contribution in [0.5, 0.6) is 0 Å². The van der Waals surface area contributed by atoms with Crippen LogP contribution in [0.4, 0.5) is 0 Å². The van der Waals surface area contributed by atoms with Gasteiger partial charge in [-0.05, 0) is 32.3 Å². The summed E-state index contributed by atoms with van der Waals surface area (Å²) >= 11 is 0. The van der Waals surface area contributed by atoms with Crippen molar-refractivity contribution < 1.29 is 9.53 Å². The molecule has 0 N–H and O–H groups in total. The first-order valence-corrected chi connectivity index (χ1v) is 7.86. The van der Waals surface area contributed by atoms with Crippen molar-refractivity contribution in [1.82, 2.24) is 4.90 Å². The van der Waals surface area contributed by atoms with Gasteiger partial charge in [-0.25, -0.2) is 0 Å². The number of ketones is 1. The number of carbonyl (C=O) groups is 1. The molecule has 1 aromatic rings. The number of methoxy groups -OCH3 is 1. The molecule has 1 rings (SSSR count). The van der Waals surface area contributed by atoms with Crippen LogP contribution in [0.2, 0.25) is 0 Å². The first kappa shape index (κ1) is 17.9. The molecule has 0 saturated carbocycles. The molecular weight excluding hydrogens is 262 g/mol. The summed E-state index contributed by atoms with van der Waals surface area (Å²) in [6, 6.07) is 6.48. The molecule has 0 atom stereocenters. The van der Waals surface area contributed by atoms with Crippen molar-refractivity contribution in [3.05, 3.63) is 34.9 Å². The van der Waals surface area contributed by atoms with E-state index >= 15 is 0 Å². The number of nitrogens with zero attached hydrogens (tertiary/aromatic N) is 1. The number of hydrogen-bond acceptors (Lipinski definition) is 3. The number of benzene rings is 1. The molecule has 0 fully saturated rings. The first-order chi connectivity index (χ1) is 10.0. The molecule has 21 heavy (non-hydrogen) atoms. The zero-order valence-corrected chi connectivity index (χ0v) is 14.1. The molecule has 0 unspecified atom stereocenters. The Bertz CT molecular complexity index is 453. The number of carbonyl (C=O) groups excluding carboxylic acids is 1. The Hall–Kier alpha value is -1.19. The average Bonchev–Trinajstić information content (AvgIpc) is 2.45. The van der Waals surface area contributed by atoms with Crippen LogP contribution >= 0.6 is 0 Å². The standard InChI is InChI=1S/C18H29NO2/c1-6-16(7-2)19(10-11-21-5)13-18(20)17-9-8-14(3)12-15(17)4/h8-9,12,16H,6-7,10-11,13H2,1-5H3. The summed E-state index contributed by atoms with van der Waals surface area (Å²) in [5, 5.41) is 0. The molecule has 3 nitrogen and oxygen atoms in total. The van der Waals surface area contributed by atoms with Gasteiger partial charge in [0.25, 0.3) is 0 Å². The largest absolute Gasteiger partial charge is 0.383 e. The highest BCUT2D eigenvalue weighted by Gasteiger charge is 2.19. The van der Waals surface area contributed by atoms with E-state index in [1.807, 2.05) is 19.1 Å². The molecule has 0 spiro atoms. The summed E-state index contributed by atoms with van der Waals surface area (Å²) in [4.78, 5) is 14.9. The molecule has 0 radical (unpaired) electrons. The van der Waals surface area contributed by atoms with Crippen molar-refractivity contribution in [1.29, 1.82) is 0 Å². The summed E-state index contributed by atoms with van der Waals surface area (Å²) < 4.78 is 5.19. The van der Waals surface area contributed by atoms with E-state index in [1.54, 1.807) is 7.11 Å². The number of rotatable bonds is 9. The molecule has 3 heteroatoms. The van der Waals surface area contributed by atoms with Gasteiger partial charge in [-0.1, -0.05) is 37.6 Å². The predicted molar refractivity (Wildman–Crippen MR) is 88.1 cm³/mol. The third-order valence-corrected chi connectivity index (χ3v) is 4.07. The van der Waals surface area contributed by atoms with Crippen LogP contribution in [-0.2, 0) is 4.74 Å². The van der Waals surface area contributed by atoms with Crippen molar-refractivity contribution in [2.24, 2.45) is 0 Å². The van der Waals surface area contributed by atoms with Crippen LogP contribution in [-0.4, -0.2) is 43.5 Å². The maximum Gasteiger partial charge on any atom is 0.177 e. The summed E-state index contributed by atoms with van der Waals surface area (Å²) in [5.41, 5.74) is 3.10. The Balaban J connectivity index is 2.83. The molecule has 0 aliphatic heterocycles. The van der Waals surface area contributed by atoms with E-state index in [-0.39, 0.29) is 5.78 Å². The Morgan fingerprint density at radius 3 is 2.43 bits per heavy atom. The molecule has 0 amide bonds.